The lowest BCUT2D eigenvalue weighted by molar-refractivity contribution is 0.0935. The largest absolute Gasteiger partial charge is 0.348 e. The monoisotopic (exact) mass is 314 g/mol. The van der Waals surface area contributed by atoms with Crippen molar-refractivity contribution in [1.82, 2.24) is 10.6 Å². The van der Waals surface area contributed by atoms with E-state index in [1.165, 1.54) is 6.07 Å². The molecule has 1 saturated heterocycles. The topological polar surface area (TPSA) is 41.1 Å². The van der Waals surface area contributed by atoms with Crippen LogP contribution < -0.4 is 10.6 Å². The summed E-state index contributed by atoms with van der Waals surface area (Å²) in [5.41, 5.74) is 0.361. The number of nitrogens with one attached hydrogen (secondary N) is 2. The molecule has 1 fully saturated rings. The molecule has 1 aliphatic rings. The Hall–Kier alpha value is -0.940. The van der Waals surface area contributed by atoms with Crippen LogP contribution in [-0.2, 0) is 0 Å². The third-order valence-electron chi connectivity index (χ3n) is 3.06. The molecule has 0 spiro atoms. The van der Waals surface area contributed by atoms with Crippen molar-refractivity contribution >= 4 is 21.8 Å². The van der Waals surface area contributed by atoms with Crippen molar-refractivity contribution in [2.45, 2.75) is 25.3 Å². The van der Waals surface area contributed by atoms with Gasteiger partial charge < -0.3 is 10.6 Å². The smallest absolute Gasteiger partial charge is 0.251 e. The van der Waals surface area contributed by atoms with Crippen molar-refractivity contribution in [2.75, 3.05) is 13.1 Å². The van der Waals surface area contributed by atoms with Crippen LogP contribution >= 0.6 is 15.9 Å². The number of carbonyl (C=O) groups excluding carboxylic acids is 1. The maximum Gasteiger partial charge on any atom is 0.251 e. The van der Waals surface area contributed by atoms with Crippen molar-refractivity contribution in [3.05, 3.63) is 34.1 Å². The molecule has 1 aromatic rings. The van der Waals surface area contributed by atoms with Crippen LogP contribution in [0.5, 0.6) is 0 Å². The number of halogens is 2. The third kappa shape index (κ3) is 3.53. The van der Waals surface area contributed by atoms with Crippen LogP contribution in [0.3, 0.4) is 0 Å². The molecule has 0 aliphatic carbocycles. The van der Waals surface area contributed by atoms with Crippen molar-refractivity contribution < 1.29 is 9.18 Å². The summed E-state index contributed by atoms with van der Waals surface area (Å²) in [6.07, 6.45) is 3.21. The molecule has 1 aliphatic heterocycles. The fourth-order valence-corrected chi connectivity index (χ4v) is 2.30. The van der Waals surface area contributed by atoms with E-state index >= 15 is 0 Å². The van der Waals surface area contributed by atoms with Gasteiger partial charge in [-0.3, -0.25) is 4.79 Å². The second kappa shape index (κ2) is 6.29. The standard InChI is InChI=1S/C13H16BrFN2O/c14-11-5-4-9(7-12(11)15)13(18)17-10-3-1-2-6-16-8-10/h4-5,7,10,16H,1-3,6,8H2,(H,17,18). The number of carbonyl (C=O) groups is 1. The first-order valence-electron chi connectivity index (χ1n) is 6.13. The van der Waals surface area contributed by atoms with Crippen molar-refractivity contribution in [1.29, 1.82) is 0 Å². The molecule has 1 aromatic carbocycles. The molecular weight excluding hydrogens is 299 g/mol. The highest BCUT2D eigenvalue weighted by Gasteiger charge is 2.16. The predicted molar refractivity (Wildman–Crippen MR) is 72.1 cm³/mol. The lowest BCUT2D eigenvalue weighted by Crippen LogP contribution is -2.40. The molecule has 1 amide bonds. The first kappa shape index (κ1) is 13.5. The summed E-state index contributed by atoms with van der Waals surface area (Å²) >= 11 is 3.07. The Morgan fingerprint density at radius 2 is 2.28 bits per heavy atom. The van der Waals surface area contributed by atoms with Crippen LogP contribution in [0, 0.1) is 5.82 Å². The highest BCUT2D eigenvalue weighted by Crippen LogP contribution is 2.16. The average molecular weight is 315 g/mol. The molecule has 18 heavy (non-hydrogen) atoms. The molecule has 1 heterocycles. The van der Waals surface area contributed by atoms with E-state index in [-0.39, 0.29) is 11.9 Å². The predicted octanol–water partition coefficient (Wildman–Crippen LogP) is 2.46. The molecule has 5 heteroatoms. The molecule has 0 saturated carbocycles. The zero-order chi connectivity index (χ0) is 13.0. The summed E-state index contributed by atoms with van der Waals surface area (Å²) in [6.45, 7) is 1.78. The molecular formula is C13H16BrFN2O. The van der Waals surface area contributed by atoms with E-state index in [0.29, 0.717) is 10.0 Å². The second-order valence-electron chi connectivity index (χ2n) is 4.50. The first-order valence-corrected chi connectivity index (χ1v) is 6.93. The van der Waals surface area contributed by atoms with Crippen LogP contribution in [0.15, 0.2) is 22.7 Å². The molecule has 3 nitrogen and oxygen atoms in total. The fourth-order valence-electron chi connectivity index (χ4n) is 2.05. The number of benzene rings is 1. The van der Waals surface area contributed by atoms with Gasteiger partial charge in [0.05, 0.1) is 4.47 Å². The van der Waals surface area contributed by atoms with Gasteiger partial charge in [0.15, 0.2) is 0 Å². The van der Waals surface area contributed by atoms with Gasteiger partial charge in [-0.15, -0.1) is 0 Å². The minimum absolute atomic E-state index is 0.131. The average Bonchev–Trinajstić information content (AvgIpc) is 2.61. The summed E-state index contributed by atoms with van der Waals surface area (Å²) in [6, 6.07) is 4.55. The number of hydrogen-bond acceptors (Lipinski definition) is 2. The Labute approximate surface area is 114 Å². The van der Waals surface area contributed by atoms with Crippen LogP contribution in [0.1, 0.15) is 29.6 Å². The van der Waals surface area contributed by atoms with Crippen molar-refractivity contribution in [3.8, 4) is 0 Å². The van der Waals surface area contributed by atoms with Gasteiger partial charge in [0.2, 0.25) is 0 Å². The quantitative estimate of drug-likeness (QED) is 0.880. The molecule has 0 radical (unpaired) electrons. The molecule has 2 N–H and O–H groups in total. The highest BCUT2D eigenvalue weighted by atomic mass is 79.9. The lowest BCUT2D eigenvalue weighted by atomic mass is 10.1. The highest BCUT2D eigenvalue weighted by molar-refractivity contribution is 9.10. The number of hydrogen-bond donors (Lipinski definition) is 2. The maximum absolute atomic E-state index is 13.3. The Morgan fingerprint density at radius 3 is 3.06 bits per heavy atom. The van der Waals surface area contributed by atoms with E-state index in [4.69, 9.17) is 0 Å². The van der Waals surface area contributed by atoms with Crippen molar-refractivity contribution in [3.63, 3.8) is 0 Å². The molecule has 98 valence electrons. The Morgan fingerprint density at radius 1 is 1.44 bits per heavy atom. The lowest BCUT2D eigenvalue weighted by Gasteiger charge is -2.16. The van der Waals surface area contributed by atoms with Gasteiger partial charge in [0.1, 0.15) is 5.82 Å². The molecule has 1 unspecified atom stereocenters. The van der Waals surface area contributed by atoms with Gasteiger partial charge in [0.25, 0.3) is 5.91 Å². The Balaban J connectivity index is 1.99. The third-order valence-corrected chi connectivity index (χ3v) is 3.71. The number of rotatable bonds is 2. The van der Waals surface area contributed by atoms with Gasteiger partial charge >= 0.3 is 0 Å². The zero-order valence-corrected chi connectivity index (χ0v) is 11.6. The summed E-state index contributed by atoms with van der Waals surface area (Å²) < 4.78 is 13.7. The minimum Gasteiger partial charge on any atom is -0.348 e. The van der Waals surface area contributed by atoms with E-state index in [0.717, 1.165) is 32.4 Å². The molecule has 0 bridgehead atoms. The van der Waals surface area contributed by atoms with Crippen LogP contribution in [0.4, 0.5) is 4.39 Å². The van der Waals surface area contributed by atoms with E-state index in [1.807, 2.05) is 0 Å². The Kier molecular flexibility index (Phi) is 4.72. The van der Waals surface area contributed by atoms with E-state index in [2.05, 4.69) is 26.6 Å². The molecule has 2 rings (SSSR count). The fraction of sp³-hybridized carbons (Fsp3) is 0.462. The molecule has 1 atom stereocenters. The van der Waals surface area contributed by atoms with Gasteiger partial charge in [-0.25, -0.2) is 4.39 Å². The minimum atomic E-state index is -0.415. The summed E-state index contributed by atoms with van der Waals surface area (Å²) in [4.78, 5) is 12.0. The van der Waals surface area contributed by atoms with Gasteiger partial charge in [0, 0.05) is 18.2 Å². The van der Waals surface area contributed by atoms with Crippen molar-refractivity contribution in [2.24, 2.45) is 0 Å². The molecule has 0 aromatic heterocycles. The normalized spacial score (nSPS) is 20.2. The van der Waals surface area contributed by atoms with Gasteiger partial charge in [-0.05, 0) is 53.5 Å². The van der Waals surface area contributed by atoms with E-state index in [1.54, 1.807) is 12.1 Å². The van der Waals surface area contributed by atoms with E-state index in [9.17, 15) is 9.18 Å². The first-order chi connectivity index (χ1) is 8.66. The second-order valence-corrected chi connectivity index (χ2v) is 5.35. The van der Waals surface area contributed by atoms with Crippen LogP contribution in [-0.4, -0.2) is 25.0 Å². The maximum atomic E-state index is 13.3. The van der Waals surface area contributed by atoms with Crippen LogP contribution in [0.2, 0.25) is 0 Å². The SMILES string of the molecule is O=C(NC1CCCCNC1)c1ccc(Br)c(F)c1. The van der Waals surface area contributed by atoms with Gasteiger partial charge in [-0.1, -0.05) is 6.42 Å². The number of amides is 1. The zero-order valence-electron chi connectivity index (χ0n) is 10.0. The Bertz CT molecular complexity index is 431. The summed E-state index contributed by atoms with van der Waals surface area (Å²) in [5, 5.41) is 6.22. The van der Waals surface area contributed by atoms with E-state index < -0.39 is 5.82 Å². The summed E-state index contributed by atoms with van der Waals surface area (Å²) in [5.74, 6) is -0.628. The van der Waals surface area contributed by atoms with Crippen LogP contribution in [0.25, 0.3) is 0 Å². The summed E-state index contributed by atoms with van der Waals surface area (Å²) in [7, 11) is 0. The van der Waals surface area contributed by atoms with Gasteiger partial charge in [-0.2, -0.15) is 0 Å².